The second-order valence-electron chi connectivity index (χ2n) is 5.05. The molecule has 0 radical (unpaired) electrons. The van der Waals surface area contributed by atoms with Gasteiger partial charge < -0.3 is 5.32 Å². The van der Waals surface area contributed by atoms with Gasteiger partial charge >= 0.3 is 0 Å². The van der Waals surface area contributed by atoms with E-state index in [0.717, 1.165) is 17.5 Å². The highest BCUT2D eigenvalue weighted by Crippen LogP contribution is 2.11. The minimum atomic E-state index is 0.0526. The van der Waals surface area contributed by atoms with Crippen LogP contribution in [0.3, 0.4) is 0 Å². The highest BCUT2D eigenvalue weighted by Gasteiger charge is 2.07. The first kappa shape index (κ1) is 15.0. The minimum Gasteiger partial charge on any atom is -0.350 e. The van der Waals surface area contributed by atoms with Crippen LogP contribution in [0.5, 0.6) is 0 Å². The number of hydrogen-bond acceptors (Lipinski definition) is 1. The predicted octanol–water partition coefficient (Wildman–Crippen LogP) is 4.36. The van der Waals surface area contributed by atoms with Crippen LogP contribution in [0, 0.1) is 0 Å². The maximum absolute atomic E-state index is 11.9. The molecule has 2 aromatic rings. The Bertz CT molecular complexity index is 575. The van der Waals surface area contributed by atoms with E-state index in [4.69, 9.17) is 0 Å². The Morgan fingerprint density at radius 1 is 1.05 bits per heavy atom. The van der Waals surface area contributed by atoms with Crippen molar-refractivity contribution in [1.29, 1.82) is 0 Å². The molecule has 1 atom stereocenters. The fraction of sp³-hybridized carbons (Fsp3) is 0.211. The van der Waals surface area contributed by atoms with Crippen LogP contribution in [-0.2, 0) is 4.79 Å². The molecule has 1 amide bonds. The Hall–Kier alpha value is -2.35. The first-order valence-corrected chi connectivity index (χ1v) is 7.31. The van der Waals surface area contributed by atoms with Crippen molar-refractivity contribution in [1.82, 2.24) is 5.32 Å². The van der Waals surface area contributed by atoms with Crippen molar-refractivity contribution in [3.05, 3.63) is 77.9 Å². The SMILES string of the molecule is CC(NC(=O)CC/C=C\c1ccccc1)c1ccccc1. The van der Waals surface area contributed by atoms with Crippen LogP contribution in [0.25, 0.3) is 6.08 Å². The van der Waals surface area contributed by atoms with Crippen LogP contribution in [0.2, 0.25) is 0 Å². The van der Waals surface area contributed by atoms with Gasteiger partial charge in [0.25, 0.3) is 0 Å². The monoisotopic (exact) mass is 279 g/mol. The predicted molar refractivity (Wildman–Crippen MR) is 87.7 cm³/mol. The van der Waals surface area contributed by atoms with Crippen molar-refractivity contribution in [3.8, 4) is 0 Å². The number of hydrogen-bond donors (Lipinski definition) is 1. The molecule has 0 saturated heterocycles. The fourth-order valence-corrected chi connectivity index (χ4v) is 2.14. The zero-order valence-electron chi connectivity index (χ0n) is 12.3. The lowest BCUT2D eigenvalue weighted by molar-refractivity contribution is -0.121. The lowest BCUT2D eigenvalue weighted by Crippen LogP contribution is -2.26. The molecule has 2 rings (SSSR count). The number of nitrogens with one attached hydrogen (secondary N) is 1. The van der Waals surface area contributed by atoms with Crippen LogP contribution in [0.15, 0.2) is 66.7 Å². The minimum absolute atomic E-state index is 0.0526. The topological polar surface area (TPSA) is 29.1 Å². The van der Waals surface area contributed by atoms with Crippen molar-refractivity contribution < 1.29 is 4.79 Å². The smallest absolute Gasteiger partial charge is 0.220 e. The molecule has 2 aromatic carbocycles. The molecule has 0 spiro atoms. The van der Waals surface area contributed by atoms with E-state index in [1.165, 1.54) is 0 Å². The summed E-state index contributed by atoms with van der Waals surface area (Å²) in [6.45, 7) is 2.01. The number of carbonyl (C=O) groups is 1. The molecular weight excluding hydrogens is 258 g/mol. The van der Waals surface area contributed by atoms with Crippen LogP contribution < -0.4 is 5.32 Å². The largest absolute Gasteiger partial charge is 0.350 e. The van der Waals surface area contributed by atoms with E-state index in [1.807, 2.05) is 79.7 Å². The summed E-state index contributed by atoms with van der Waals surface area (Å²) in [5.74, 6) is 0.0871. The summed E-state index contributed by atoms with van der Waals surface area (Å²) >= 11 is 0. The number of allylic oxidation sites excluding steroid dienone is 1. The van der Waals surface area contributed by atoms with E-state index in [1.54, 1.807) is 0 Å². The van der Waals surface area contributed by atoms with Gasteiger partial charge in [-0.25, -0.2) is 0 Å². The summed E-state index contributed by atoms with van der Waals surface area (Å²) in [6.07, 6.45) is 5.36. The van der Waals surface area contributed by atoms with Crippen molar-refractivity contribution in [2.24, 2.45) is 0 Å². The normalized spacial score (nSPS) is 12.2. The number of carbonyl (C=O) groups excluding carboxylic acids is 1. The summed E-state index contributed by atoms with van der Waals surface area (Å²) in [6, 6.07) is 20.2. The zero-order valence-corrected chi connectivity index (χ0v) is 12.3. The van der Waals surface area contributed by atoms with Crippen LogP contribution >= 0.6 is 0 Å². The molecule has 0 aliphatic rings. The van der Waals surface area contributed by atoms with Gasteiger partial charge in [-0.2, -0.15) is 0 Å². The molecule has 0 aliphatic carbocycles. The van der Waals surface area contributed by atoms with E-state index in [0.29, 0.717) is 6.42 Å². The van der Waals surface area contributed by atoms with Crippen molar-refractivity contribution in [3.63, 3.8) is 0 Å². The quantitative estimate of drug-likeness (QED) is 0.836. The van der Waals surface area contributed by atoms with Gasteiger partial charge in [-0.1, -0.05) is 72.8 Å². The van der Waals surface area contributed by atoms with Gasteiger partial charge in [0.05, 0.1) is 6.04 Å². The molecule has 2 nitrogen and oxygen atoms in total. The Balaban J connectivity index is 1.74. The molecular formula is C19H21NO. The molecule has 0 heterocycles. The maximum Gasteiger partial charge on any atom is 0.220 e. The van der Waals surface area contributed by atoms with Gasteiger partial charge in [0, 0.05) is 6.42 Å². The molecule has 0 bridgehead atoms. The van der Waals surface area contributed by atoms with Crippen molar-refractivity contribution in [2.75, 3.05) is 0 Å². The van der Waals surface area contributed by atoms with Crippen molar-refractivity contribution in [2.45, 2.75) is 25.8 Å². The molecule has 21 heavy (non-hydrogen) atoms. The van der Waals surface area contributed by atoms with Gasteiger partial charge in [0.15, 0.2) is 0 Å². The zero-order chi connectivity index (χ0) is 14.9. The molecule has 0 aliphatic heterocycles. The highest BCUT2D eigenvalue weighted by molar-refractivity contribution is 5.76. The number of amides is 1. The lowest BCUT2D eigenvalue weighted by Gasteiger charge is -2.13. The molecule has 0 aromatic heterocycles. The summed E-state index contributed by atoms with van der Waals surface area (Å²) < 4.78 is 0. The Morgan fingerprint density at radius 3 is 2.33 bits per heavy atom. The number of rotatable bonds is 6. The fourth-order valence-electron chi connectivity index (χ4n) is 2.14. The molecule has 2 heteroatoms. The Kier molecular flexibility index (Phi) is 5.77. The first-order chi connectivity index (χ1) is 10.3. The van der Waals surface area contributed by atoms with E-state index < -0.39 is 0 Å². The molecule has 108 valence electrons. The second kappa shape index (κ2) is 8.05. The third-order valence-corrected chi connectivity index (χ3v) is 3.33. The van der Waals surface area contributed by atoms with Gasteiger partial charge in [-0.15, -0.1) is 0 Å². The van der Waals surface area contributed by atoms with Crippen LogP contribution in [0.1, 0.15) is 36.9 Å². The summed E-state index contributed by atoms with van der Waals surface area (Å²) in [5, 5.41) is 3.02. The van der Waals surface area contributed by atoms with E-state index >= 15 is 0 Å². The van der Waals surface area contributed by atoms with Gasteiger partial charge in [0.2, 0.25) is 5.91 Å². The van der Waals surface area contributed by atoms with Crippen LogP contribution in [-0.4, -0.2) is 5.91 Å². The van der Waals surface area contributed by atoms with E-state index in [2.05, 4.69) is 5.32 Å². The van der Waals surface area contributed by atoms with Gasteiger partial charge in [-0.05, 0) is 24.5 Å². The van der Waals surface area contributed by atoms with E-state index in [-0.39, 0.29) is 11.9 Å². The Labute approximate surface area is 126 Å². The van der Waals surface area contributed by atoms with Crippen LogP contribution in [0.4, 0.5) is 0 Å². The Morgan fingerprint density at radius 2 is 1.67 bits per heavy atom. The van der Waals surface area contributed by atoms with E-state index in [9.17, 15) is 4.79 Å². The summed E-state index contributed by atoms with van der Waals surface area (Å²) in [5.41, 5.74) is 2.29. The molecule has 0 saturated carbocycles. The molecule has 1 unspecified atom stereocenters. The van der Waals surface area contributed by atoms with Crippen molar-refractivity contribution >= 4 is 12.0 Å². The highest BCUT2D eigenvalue weighted by atomic mass is 16.1. The third kappa shape index (κ3) is 5.27. The third-order valence-electron chi connectivity index (χ3n) is 3.33. The van der Waals surface area contributed by atoms with Gasteiger partial charge in [-0.3, -0.25) is 4.79 Å². The first-order valence-electron chi connectivity index (χ1n) is 7.31. The standard InChI is InChI=1S/C19H21NO/c1-16(18-13-6-3-7-14-18)20-19(21)15-9-8-12-17-10-4-2-5-11-17/h2-8,10-14,16H,9,15H2,1H3,(H,20,21)/b12-8-. The molecule has 0 fully saturated rings. The maximum atomic E-state index is 11.9. The second-order valence-corrected chi connectivity index (χ2v) is 5.05. The summed E-state index contributed by atoms with van der Waals surface area (Å²) in [7, 11) is 0. The molecule has 1 N–H and O–H groups in total. The average molecular weight is 279 g/mol. The summed E-state index contributed by atoms with van der Waals surface area (Å²) in [4.78, 5) is 11.9. The lowest BCUT2D eigenvalue weighted by atomic mass is 10.1. The average Bonchev–Trinajstić information content (AvgIpc) is 2.53. The van der Waals surface area contributed by atoms with Gasteiger partial charge in [0.1, 0.15) is 0 Å². The number of benzene rings is 2.